The fourth-order valence-corrected chi connectivity index (χ4v) is 7.85. The van der Waals surface area contributed by atoms with E-state index < -0.39 is 6.10 Å². The number of dihydropyridines is 1. The lowest BCUT2D eigenvalue weighted by molar-refractivity contribution is -0.134. The topological polar surface area (TPSA) is 117 Å². The molecule has 3 aliphatic heterocycles. The minimum absolute atomic E-state index is 0.0676. The summed E-state index contributed by atoms with van der Waals surface area (Å²) in [5.74, 6) is 1.35. The SMILES string of the molecule is CCCCCC1CC(O)CCc2ccc(O)c(c2)OCc2cc(C(CC(=O)N3CCC3)c3ccccc3)cc3cn(cc23)C2=C(C=CC(NCOC)N2)CO1. The molecule has 1 aromatic heterocycles. The largest absolute Gasteiger partial charge is 0.504 e. The molecule has 3 aliphatic rings. The van der Waals surface area contributed by atoms with Gasteiger partial charge in [-0.3, -0.25) is 10.1 Å². The van der Waals surface area contributed by atoms with Gasteiger partial charge >= 0.3 is 0 Å². The molecule has 4 heterocycles. The van der Waals surface area contributed by atoms with Crippen LogP contribution in [0.3, 0.4) is 0 Å². The molecule has 1 fully saturated rings. The zero-order valence-electron chi connectivity index (χ0n) is 32.2. The number of benzene rings is 3. The first kappa shape index (κ1) is 38.7. The first-order valence-electron chi connectivity index (χ1n) is 20.0. The highest BCUT2D eigenvalue weighted by atomic mass is 16.5. The van der Waals surface area contributed by atoms with Crippen molar-refractivity contribution in [2.24, 2.45) is 0 Å². The van der Waals surface area contributed by atoms with Gasteiger partial charge in [-0.15, -0.1) is 0 Å². The summed E-state index contributed by atoms with van der Waals surface area (Å²) in [6.45, 7) is 4.78. The number of phenolic OH excluding ortho intramolecular Hbond substituents is 1. The van der Waals surface area contributed by atoms with Crippen LogP contribution in [0.2, 0.25) is 0 Å². The molecule has 4 aromatic rings. The van der Waals surface area contributed by atoms with Gasteiger partial charge < -0.3 is 39.2 Å². The number of phenols is 1. The van der Waals surface area contributed by atoms with Crippen molar-refractivity contribution < 1.29 is 29.2 Å². The van der Waals surface area contributed by atoms with Crippen LogP contribution in [0.15, 0.2) is 90.8 Å². The summed E-state index contributed by atoms with van der Waals surface area (Å²) in [6.07, 6.45) is 15.0. The van der Waals surface area contributed by atoms with Crippen LogP contribution in [0, 0.1) is 0 Å². The Kier molecular flexibility index (Phi) is 12.9. The van der Waals surface area contributed by atoms with Crippen LogP contribution in [0.5, 0.6) is 11.5 Å². The van der Waals surface area contributed by atoms with Crippen LogP contribution >= 0.6 is 0 Å². The van der Waals surface area contributed by atoms with E-state index in [4.69, 9.17) is 14.2 Å². The molecule has 292 valence electrons. The number of aryl methyl sites for hydroxylation is 1. The summed E-state index contributed by atoms with van der Waals surface area (Å²) in [4.78, 5) is 15.5. The molecular formula is C45H56N4O6. The number of likely N-dealkylation sites (tertiary alicyclic amines) is 1. The third kappa shape index (κ3) is 9.62. The van der Waals surface area contributed by atoms with Crippen LogP contribution in [-0.4, -0.2) is 77.5 Å². The smallest absolute Gasteiger partial charge is 0.223 e. The third-order valence-corrected chi connectivity index (χ3v) is 11.2. The van der Waals surface area contributed by atoms with Crippen LogP contribution < -0.4 is 15.4 Å². The van der Waals surface area contributed by atoms with Crippen molar-refractivity contribution in [1.29, 1.82) is 0 Å². The van der Waals surface area contributed by atoms with Crippen molar-refractivity contribution in [2.45, 2.75) is 95.6 Å². The second kappa shape index (κ2) is 18.3. The van der Waals surface area contributed by atoms with E-state index >= 15 is 0 Å². The number of methoxy groups -OCH3 is 1. The van der Waals surface area contributed by atoms with Crippen molar-refractivity contribution in [3.8, 4) is 11.5 Å². The molecule has 4 N–H and O–H groups in total. The maximum absolute atomic E-state index is 13.5. The number of unbranched alkanes of at least 4 members (excludes halogenated alkanes) is 2. The Hall–Kier alpha value is -4.61. The molecule has 0 saturated carbocycles. The maximum Gasteiger partial charge on any atom is 0.223 e. The zero-order valence-corrected chi connectivity index (χ0v) is 32.2. The fourth-order valence-electron chi connectivity index (χ4n) is 7.85. The van der Waals surface area contributed by atoms with Crippen LogP contribution in [0.25, 0.3) is 16.6 Å². The van der Waals surface area contributed by atoms with E-state index in [9.17, 15) is 15.0 Å². The highest BCUT2D eigenvalue weighted by molar-refractivity contribution is 5.88. The predicted molar refractivity (Wildman–Crippen MR) is 216 cm³/mol. The minimum atomic E-state index is -0.534. The van der Waals surface area contributed by atoms with Crippen molar-refractivity contribution in [1.82, 2.24) is 20.1 Å². The van der Waals surface area contributed by atoms with Gasteiger partial charge in [0.15, 0.2) is 11.5 Å². The lowest BCUT2D eigenvalue weighted by Gasteiger charge is -2.32. The Bertz CT molecular complexity index is 1970. The highest BCUT2D eigenvalue weighted by Crippen LogP contribution is 2.36. The highest BCUT2D eigenvalue weighted by Gasteiger charge is 2.27. The van der Waals surface area contributed by atoms with E-state index in [1.165, 1.54) is 0 Å². The maximum atomic E-state index is 13.5. The number of aromatic nitrogens is 1. The molecule has 10 nitrogen and oxygen atoms in total. The number of aromatic hydroxyl groups is 1. The van der Waals surface area contributed by atoms with Crippen molar-refractivity contribution in [3.63, 3.8) is 0 Å². The predicted octanol–water partition coefficient (Wildman–Crippen LogP) is 7.19. The van der Waals surface area contributed by atoms with Gasteiger partial charge in [-0.05, 0) is 78.6 Å². The molecule has 1 saturated heterocycles. The van der Waals surface area contributed by atoms with Crippen molar-refractivity contribution >= 4 is 22.5 Å². The molecule has 7 rings (SSSR count). The number of aliphatic hydroxyl groups excluding tert-OH is 1. The van der Waals surface area contributed by atoms with Crippen LogP contribution in [0.1, 0.15) is 86.5 Å². The van der Waals surface area contributed by atoms with E-state index in [1.54, 1.807) is 13.2 Å². The number of nitrogens with zero attached hydrogens (tertiary/aromatic N) is 2. The number of carbonyl (C=O) groups excluding carboxylic acids is 1. The fraction of sp³-hybridized carbons (Fsp3) is 0.444. The van der Waals surface area contributed by atoms with Gasteiger partial charge in [-0.2, -0.15) is 0 Å². The van der Waals surface area contributed by atoms with E-state index in [0.29, 0.717) is 44.8 Å². The molecule has 3 aromatic carbocycles. The number of amides is 1. The Morgan fingerprint density at radius 3 is 2.69 bits per heavy atom. The summed E-state index contributed by atoms with van der Waals surface area (Å²) in [7, 11) is 1.66. The van der Waals surface area contributed by atoms with Gasteiger partial charge in [0.2, 0.25) is 5.91 Å². The number of ether oxygens (including phenoxy) is 3. The normalized spacial score (nSPS) is 20.9. The number of hydrogen-bond donors (Lipinski definition) is 4. The number of carbonyl (C=O) groups is 1. The van der Waals surface area contributed by atoms with Gasteiger partial charge in [-0.25, -0.2) is 0 Å². The van der Waals surface area contributed by atoms with Crippen LogP contribution in [-0.2, 0) is 27.3 Å². The molecule has 4 unspecified atom stereocenters. The van der Waals surface area contributed by atoms with Crippen molar-refractivity contribution in [3.05, 3.63) is 113 Å². The lowest BCUT2D eigenvalue weighted by Crippen LogP contribution is -2.43. The quantitative estimate of drug-likeness (QED) is 0.0942. The molecule has 0 spiro atoms. The number of rotatable bonds is 11. The molecule has 10 heteroatoms. The van der Waals surface area contributed by atoms with Gasteiger partial charge in [-0.1, -0.05) is 74.7 Å². The number of fused-ring (bicyclic) bond motifs is 4. The number of nitrogens with one attached hydrogen (secondary N) is 2. The van der Waals surface area contributed by atoms with Crippen LogP contribution in [0.4, 0.5) is 0 Å². The zero-order chi connectivity index (χ0) is 38.1. The van der Waals surface area contributed by atoms with Gasteiger partial charge in [0, 0.05) is 61.3 Å². The molecule has 55 heavy (non-hydrogen) atoms. The third-order valence-electron chi connectivity index (χ3n) is 11.2. The molecular weight excluding hydrogens is 693 g/mol. The average Bonchev–Trinajstić information content (AvgIpc) is 3.61. The second-order valence-corrected chi connectivity index (χ2v) is 15.2. The minimum Gasteiger partial charge on any atom is -0.504 e. The lowest BCUT2D eigenvalue weighted by atomic mass is 9.86. The number of aliphatic hydroxyl groups is 1. The summed E-state index contributed by atoms with van der Waals surface area (Å²) in [6, 6.07) is 20.1. The monoisotopic (exact) mass is 748 g/mol. The Morgan fingerprint density at radius 2 is 1.91 bits per heavy atom. The molecule has 4 bridgehead atoms. The second-order valence-electron chi connectivity index (χ2n) is 15.2. The van der Waals surface area contributed by atoms with Crippen molar-refractivity contribution in [2.75, 3.05) is 33.5 Å². The first-order chi connectivity index (χ1) is 26.9. The van der Waals surface area contributed by atoms with Gasteiger partial charge in [0.25, 0.3) is 0 Å². The molecule has 0 radical (unpaired) electrons. The summed E-state index contributed by atoms with van der Waals surface area (Å²) in [5, 5.41) is 31.2. The van der Waals surface area contributed by atoms with Gasteiger partial charge in [0.05, 0.1) is 31.7 Å². The Labute approximate surface area is 324 Å². The summed E-state index contributed by atoms with van der Waals surface area (Å²) >= 11 is 0. The summed E-state index contributed by atoms with van der Waals surface area (Å²) < 4.78 is 20.6. The van der Waals surface area contributed by atoms with E-state index in [2.05, 4.69) is 70.9 Å². The summed E-state index contributed by atoms with van der Waals surface area (Å²) in [5.41, 5.74) is 5.04. The Morgan fingerprint density at radius 1 is 1.05 bits per heavy atom. The molecule has 0 aliphatic carbocycles. The average molecular weight is 749 g/mol. The molecule has 4 atom stereocenters. The standard InChI is InChI=1S/C45H56N4O6/c1-3-4-6-12-38-24-37(50)16-13-31-14-17-41(51)42(21-31)55-29-36-23-34(39(32-10-7-5-8-11-32)25-44(52)48-19-9-20-48)22-35-26-49(27-40(35)36)45-33(28-54-38)15-18-43(47-45)46-30-53-2/h5,7-8,10-11,14-15,17-18,21-23,26-27,37-39,43,46-47,50-51H,3-4,6,9,12-13,16,19-20,24-25,28-30H2,1-2H3. The number of hydrogen-bond acceptors (Lipinski definition) is 8. The van der Waals surface area contributed by atoms with Gasteiger partial charge in [0.1, 0.15) is 12.4 Å². The first-order valence-corrected chi connectivity index (χ1v) is 20.0. The Balaban J connectivity index is 1.33. The molecule has 1 amide bonds. The van der Waals surface area contributed by atoms with E-state index in [1.807, 2.05) is 35.2 Å². The van der Waals surface area contributed by atoms with E-state index in [-0.39, 0.29) is 36.5 Å². The van der Waals surface area contributed by atoms with E-state index in [0.717, 1.165) is 89.6 Å².